The molecule has 0 saturated carbocycles. The molecule has 3 aromatic carbocycles. The van der Waals surface area contributed by atoms with E-state index in [1.807, 2.05) is 45.0 Å². The molecule has 1 amide bonds. The highest BCUT2D eigenvalue weighted by atomic mass is 32.2. The molecule has 5 rings (SSSR count). The second-order valence-corrected chi connectivity index (χ2v) is 11.6. The van der Waals surface area contributed by atoms with Gasteiger partial charge in [0, 0.05) is 5.56 Å². The SMILES string of the molecule is CC/C(=N\NC(=S)N=C1SCC(=O)N1c1ccc(F)cc1C(C)C)c1ccc(-c2ncn(-c3ccc(OC(F)(F)F)cc3)n2)cc1. The van der Waals surface area contributed by atoms with Crippen LogP contribution in [0.15, 0.2) is 83.2 Å². The Bertz CT molecular complexity index is 1800. The monoisotopic (exact) mass is 669 g/mol. The molecule has 1 fully saturated rings. The number of hydrazone groups is 1. The lowest BCUT2D eigenvalue weighted by molar-refractivity contribution is -0.274. The average molecular weight is 670 g/mol. The largest absolute Gasteiger partial charge is 0.573 e. The third kappa shape index (κ3) is 7.77. The molecule has 0 spiro atoms. The van der Waals surface area contributed by atoms with Gasteiger partial charge < -0.3 is 4.74 Å². The summed E-state index contributed by atoms with van der Waals surface area (Å²) in [7, 11) is 0. The second-order valence-electron chi connectivity index (χ2n) is 10.2. The van der Waals surface area contributed by atoms with E-state index in [0.717, 1.165) is 11.1 Å². The number of ether oxygens (including phenoxy) is 1. The lowest BCUT2D eigenvalue weighted by Crippen LogP contribution is -2.31. The molecule has 1 aliphatic rings. The minimum atomic E-state index is -4.77. The van der Waals surface area contributed by atoms with Crippen LogP contribution in [-0.2, 0) is 4.79 Å². The standard InChI is InChI=1S/C31H27F4N7O2S2/c1-4-25(38-39-29(45)37-30-42(27(43)16-46-30)26-14-9-21(32)15-24(26)18(2)3)19-5-7-20(8-6-19)28-36-17-41(40-28)22-10-12-23(13-11-22)44-31(33,34)35/h5-15,17-18H,4,16H2,1-3H3,(H,39,45)/b37-30?,38-25+. The van der Waals surface area contributed by atoms with E-state index in [0.29, 0.717) is 40.1 Å². The van der Waals surface area contributed by atoms with Crippen LogP contribution in [0.5, 0.6) is 5.75 Å². The minimum Gasteiger partial charge on any atom is -0.406 e. The topological polar surface area (TPSA) is 97.0 Å². The Kier molecular flexibility index (Phi) is 9.82. The number of hydrogen-bond donors (Lipinski definition) is 1. The number of thiocarbonyl (C=S) groups is 1. The number of carbonyl (C=O) groups excluding carboxylic acids is 1. The van der Waals surface area contributed by atoms with Gasteiger partial charge in [0.15, 0.2) is 11.0 Å². The van der Waals surface area contributed by atoms with Gasteiger partial charge in [-0.2, -0.15) is 10.1 Å². The molecule has 15 heteroatoms. The summed E-state index contributed by atoms with van der Waals surface area (Å²) in [6, 6.07) is 17.0. The summed E-state index contributed by atoms with van der Waals surface area (Å²) in [5.41, 5.74) is 6.79. The molecular weight excluding hydrogens is 643 g/mol. The molecule has 0 bridgehead atoms. The third-order valence-electron chi connectivity index (χ3n) is 6.74. The Hall–Kier alpha value is -4.63. The van der Waals surface area contributed by atoms with Gasteiger partial charge in [0.05, 0.1) is 22.8 Å². The van der Waals surface area contributed by atoms with Crippen LogP contribution in [-0.4, -0.2) is 48.8 Å². The number of nitrogens with one attached hydrogen (secondary N) is 1. The highest BCUT2D eigenvalue weighted by Crippen LogP contribution is 2.34. The van der Waals surface area contributed by atoms with Crippen molar-refractivity contribution in [3.8, 4) is 22.8 Å². The van der Waals surface area contributed by atoms with Crippen LogP contribution in [0.2, 0.25) is 0 Å². The van der Waals surface area contributed by atoms with Gasteiger partial charge in [0.2, 0.25) is 11.0 Å². The molecule has 1 saturated heterocycles. The Morgan fingerprint density at radius 2 is 1.83 bits per heavy atom. The van der Waals surface area contributed by atoms with Gasteiger partial charge in [-0.15, -0.1) is 18.3 Å². The molecule has 0 aliphatic carbocycles. The number of alkyl halides is 3. The number of amidine groups is 1. The molecule has 4 aromatic rings. The van der Waals surface area contributed by atoms with Gasteiger partial charge in [0.25, 0.3) is 0 Å². The summed E-state index contributed by atoms with van der Waals surface area (Å²) in [5, 5.41) is 9.32. The van der Waals surface area contributed by atoms with Crippen LogP contribution >= 0.6 is 24.0 Å². The minimum absolute atomic E-state index is 0.0208. The number of thioether (sulfide) groups is 1. The Morgan fingerprint density at radius 1 is 1.11 bits per heavy atom. The number of aromatic nitrogens is 3. The van der Waals surface area contributed by atoms with Crippen molar-refractivity contribution in [1.82, 2.24) is 20.2 Å². The summed E-state index contributed by atoms with van der Waals surface area (Å²) >= 11 is 6.66. The van der Waals surface area contributed by atoms with Gasteiger partial charge in [-0.1, -0.05) is 56.8 Å². The summed E-state index contributed by atoms with van der Waals surface area (Å²) in [6.45, 7) is 5.79. The maximum atomic E-state index is 13.9. The Labute approximate surface area is 271 Å². The quantitative estimate of drug-likeness (QED) is 0.0916. The highest BCUT2D eigenvalue weighted by Gasteiger charge is 2.32. The van der Waals surface area contributed by atoms with Crippen molar-refractivity contribution >= 4 is 51.6 Å². The normalized spacial score (nSPS) is 14.8. The zero-order chi connectivity index (χ0) is 33.0. The van der Waals surface area contributed by atoms with Crippen LogP contribution < -0.4 is 15.1 Å². The number of rotatable bonds is 8. The molecule has 0 radical (unpaired) electrons. The molecule has 1 N–H and O–H groups in total. The molecular formula is C31H27F4N7O2S2. The summed E-state index contributed by atoms with van der Waals surface area (Å²) in [6.07, 6.45) is -2.74. The fourth-order valence-corrected chi connectivity index (χ4v) is 5.64. The number of benzene rings is 3. The predicted octanol–water partition coefficient (Wildman–Crippen LogP) is 7.22. The average Bonchev–Trinajstić information content (AvgIpc) is 3.64. The van der Waals surface area contributed by atoms with Crippen LogP contribution in [0.25, 0.3) is 17.1 Å². The molecule has 0 unspecified atom stereocenters. The summed E-state index contributed by atoms with van der Waals surface area (Å²) < 4.78 is 56.6. The second kappa shape index (κ2) is 13.8. The Morgan fingerprint density at radius 3 is 2.48 bits per heavy atom. The lowest BCUT2D eigenvalue weighted by Gasteiger charge is -2.21. The smallest absolute Gasteiger partial charge is 0.406 e. The number of carbonyl (C=O) groups is 1. The summed E-state index contributed by atoms with van der Waals surface area (Å²) in [5.74, 6) is -0.305. The van der Waals surface area contributed by atoms with Crippen molar-refractivity contribution < 1.29 is 27.1 Å². The molecule has 238 valence electrons. The molecule has 1 aliphatic heterocycles. The van der Waals surface area contributed by atoms with E-state index in [4.69, 9.17) is 12.2 Å². The first-order valence-electron chi connectivity index (χ1n) is 14.0. The molecule has 46 heavy (non-hydrogen) atoms. The van der Waals surface area contributed by atoms with E-state index < -0.39 is 6.36 Å². The van der Waals surface area contributed by atoms with Crippen molar-refractivity contribution in [3.05, 3.63) is 90.0 Å². The van der Waals surface area contributed by atoms with E-state index in [1.165, 1.54) is 64.1 Å². The first kappa shape index (κ1) is 32.8. The van der Waals surface area contributed by atoms with Gasteiger partial charge in [0.1, 0.15) is 17.9 Å². The van der Waals surface area contributed by atoms with Crippen molar-refractivity contribution in [3.63, 3.8) is 0 Å². The maximum absolute atomic E-state index is 13.9. The van der Waals surface area contributed by atoms with Crippen LogP contribution in [0.1, 0.15) is 44.2 Å². The zero-order valence-corrected chi connectivity index (χ0v) is 26.4. The van der Waals surface area contributed by atoms with Crippen LogP contribution in [0.4, 0.5) is 23.2 Å². The van der Waals surface area contributed by atoms with E-state index in [2.05, 4.69) is 30.3 Å². The highest BCUT2D eigenvalue weighted by molar-refractivity contribution is 8.15. The van der Waals surface area contributed by atoms with E-state index in [1.54, 1.807) is 6.07 Å². The molecule has 2 heterocycles. The number of nitrogens with zero attached hydrogens (tertiary/aromatic N) is 6. The van der Waals surface area contributed by atoms with Gasteiger partial charge in [-0.25, -0.2) is 14.1 Å². The van der Waals surface area contributed by atoms with E-state index >= 15 is 0 Å². The van der Waals surface area contributed by atoms with Crippen molar-refractivity contribution in [1.29, 1.82) is 0 Å². The van der Waals surface area contributed by atoms with Crippen molar-refractivity contribution in [2.75, 3.05) is 10.7 Å². The third-order valence-corrected chi connectivity index (χ3v) is 7.85. The number of halogens is 4. The molecule has 0 atom stereocenters. The van der Waals surface area contributed by atoms with E-state index in [-0.39, 0.29) is 34.3 Å². The van der Waals surface area contributed by atoms with Crippen molar-refractivity contribution in [2.24, 2.45) is 10.1 Å². The van der Waals surface area contributed by atoms with Crippen molar-refractivity contribution in [2.45, 2.75) is 39.5 Å². The fourth-order valence-electron chi connectivity index (χ4n) is 4.58. The number of hydrogen-bond acceptors (Lipinski definition) is 7. The van der Waals surface area contributed by atoms with Crippen LogP contribution in [0.3, 0.4) is 0 Å². The summed E-state index contributed by atoms with van der Waals surface area (Å²) in [4.78, 5) is 23.0. The first-order chi connectivity index (χ1) is 21.9. The number of anilines is 1. The number of aliphatic imine (C=N–C) groups is 1. The number of amides is 1. The Balaban J connectivity index is 1.27. The lowest BCUT2D eigenvalue weighted by atomic mass is 10.0. The van der Waals surface area contributed by atoms with Gasteiger partial charge in [-0.05, 0) is 78.1 Å². The van der Waals surface area contributed by atoms with Gasteiger partial charge >= 0.3 is 6.36 Å². The van der Waals surface area contributed by atoms with Crippen LogP contribution in [0, 0.1) is 5.82 Å². The first-order valence-corrected chi connectivity index (χ1v) is 15.4. The van der Waals surface area contributed by atoms with E-state index in [9.17, 15) is 22.4 Å². The maximum Gasteiger partial charge on any atom is 0.573 e. The fraction of sp³-hybridized carbons (Fsp3) is 0.226. The molecule has 1 aromatic heterocycles. The molecule has 9 nitrogen and oxygen atoms in total. The predicted molar refractivity (Wildman–Crippen MR) is 174 cm³/mol. The zero-order valence-electron chi connectivity index (χ0n) is 24.7. The van der Waals surface area contributed by atoms with Gasteiger partial charge in [-0.3, -0.25) is 15.1 Å².